The largest absolute Gasteiger partial charge is 0.306 e. The zero-order chi connectivity index (χ0) is 23.4. The van der Waals surface area contributed by atoms with Crippen LogP contribution in [0.5, 0.6) is 0 Å². The number of likely N-dealkylation sites (tertiary alicyclic amines) is 3. The summed E-state index contributed by atoms with van der Waals surface area (Å²) in [6, 6.07) is 0.893. The van der Waals surface area contributed by atoms with Crippen LogP contribution in [0.3, 0.4) is 0 Å². The molecule has 0 aromatic heterocycles. The first-order valence-electron chi connectivity index (χ1n) is 13.9. The zero-order valence-corrected chi connectivity index (χ0v) is 23.0. The number of nitrogens with zero attached hydrogens (tertiary/aromatic N) is 3. The molecular formula is C28H59N3. The summed E-state index contributed by atoms with van der Waals surface area (Å²) >= 11 is 0. The van der Waals surface area contributed by atoms with E-state index in [1.807, 2.05) is 13.8 Å². The third-order valence-corrected chi connectivity index (χ3v) is 8.54. The van der Waals surface area contributed by atoms with Gasteiger partial charge >= 0.3 is 0 Å². The van der Waals surface area contributed by atoms with Crippen LogP contribution in [0.25, 0.3) is 0 Å². The van der Waals surface area contributed by atoms with Crippen LogP contribution < -0.4 is 0 Å². The van der Waals surface area contributed by atoms with Gasteiger partial charge in [0.05, 0.1) is 0 Å². The number of piperidine rings is 2. The molecular weight excluding hydrogens is 378 g/mol. The van der Waals surface area contributed by atoms with Crippen molar-refractivity contribution in [2.75, 3.05) is 53.9 Å². The molecule has 1 aliphatic carbocycles. The number of hydrogen-bond acceptors (Lipinski definition) is 3. The van der Waals surface area contributed by atoms with Crippen LogP contribution >= 0.6 is 0 Å². The van der Waals surface area contributed by atoms with Crippen molar-refractivity contribution in [1.82, 2.24) is 14.7 Å². The van der Waals surface area contributed by atoms with Crippen molar-refractivity contribution in [3.05, 3.63) is 0 Å². The van der Waals surface area contributed by atoms with Gasteiger partial charge in [0.2, 0.25) is 0 Å². The summed E-state index contributed by atoms with van der Waals surface area (Å²) in [4.78, 5) is 7.43. The van der Waals surface area contributed by atoms with Gasteiger partial charge in [0.15, 0.2) is 0 Å². The monoisotopic (exact) mass is 437 g/mol. The molecule has 0 amide bonds. The van der Waals surface area contributed by atoms with E-state index in [1.54, 1.807) is 0 Å². The molecule has 4 rings (SSSR count). The topological polar surface area (TPSA) is 9.72 Å². The Bertz CT molecular complexity index is 408. The normalized spacial score (nSPS) is 32.8. The van der Waals surface area contributed by atoms with Crippen molar-refractivity contribution in [2.45, 2.75) is 99.0 Å². The van der Waals surface area contributed by atoms with E-state index in [1.165, 1.54) is 84.1 Å². The Morgan fingerprint density at radius 2 is 1.32 bits per heavy atom. The fraction of sp³-hybridized carbons (Fsp3) is 1.00. The first-order chi connectivity index (χ1) is 14.8. The van der Waals surface area contributed by atoms with Gasteiger partial charge in [-0.1, -0.05) is 48.0 Å². The van der Waals surface area contributed by atoms with Gasteiger partial charge in [0, 0.05) is 19.1 Å². The quantitative estimate of drug-likeness (QED) is 0.500. The highest BCUT2D eigenvalue weighted by atomic mass is 15.1. The minimum absolute atomic E-state index is 0.893. The summed E-state index contributed by atoms with van der Waals surface area (Å²) in [5, 5.41) is 0. The highest BCUT2D eigenvalue weighted by Crippen LogP contribution is 2.40. The van der Waals surface area contributed by atoms with E-state index in [-0.39, 0.29) is 0 Å². The van der Waals surface area contributed by atoms with Crippen molar-refractivity contribution in [3.63, 3.8) is 0 Å². The molecule has 3 aliphatic heterocycles. The van der Waals surface area contributed by atoms with Gasteiger partial charge in [0.1, 0.15) is 0 Å². The van der Waals surface area contributed by atoms with Gasteiger partial charge in [-0.25, -0.2) is 0 Å². The van der Waals surface area contributed by atoms with E-state index in [0.717, 1.165) is 35.6 Å². The molecule has 0 radical (unpaired) electrons. The van der Waals surface area contributed by atoms with E-state index in [0.29, 0.717) is 0 Å². The standard InChI is InChI=1S/C10H21N.C9H17N.C7H15N.C2H6/c1-4-9(2)8-10-6-5-7-11(10)3;1-7-8-3-4-9(7)6-10(2)5-8;1-7-3-5-8(2)6-4-7;1-2/h9-10H,4-8H2,1-3H3;7-9H,3-6H2,1-2H3;7H,3-6H2,1-2H3;1-2H3. The molecule has 4 atom stereocenters. The summed E-state index contributed by atoms with van der Waals surface area (Å²) in [7, 11) is 6.73. The van der Waals surface area contributed by atoms with Crippen molar-refractivity contribution < 1.29 is 0 Å². The number of hydrogen-bond donors (Lipinski definition) is 0. The molecule has 0 spiro atoms. The lowest BCUT2D eigenvalue weighted by Gasteiger charge is -2.33. The number of fused-ring (bicyclic) bond motifs is 2. The molecule has 31 heavy (non-hydrogen) atoms. The molecule has 4 aliphatic rings. The third-order valence-electron chi connectivity index (χ3n) is 8.54. The maximum atomic E-state index is 2.52. The molecule has 3 heteroatoms. The van der Waals surface area contributed by atoms with E-state index in [2.05, 4.69) is 63.5 Å². The molecule has 0 aromatic carbocycles. The fourth-order valence-corrected chi connectivity index (χ4v) is 5.78. The van der Waals surface area contributed by atoms with Crippen molar-refractivity contribution in [2.24, 2.45) is 29.6 Å². The van der Waals surface area contributed by atoms with Crippen LogP contribution in [0.2, 0.25) is 0 Å². The average molecular weight is 438 g/mol. The Balaban J connectivity index is 0.000000226. The first-order valence-corrected chi connectivity index (χ1v) is 13.9. The minimum Gasteiger partial charge on any atom is -0.306 e. The smallest absolute Gasteiger partial charge is 0.00952 e. The lowest BCUT2D eigenvalue weighted by Crippen LogP contribution is -2.38. The Morgan fingerprint density at radius 1 is 0.774 bits per heavy atom. The molecule has 0 N–H and O–H groups in total. The van der Waals surface area contributed by atoms with Crippen LogP contribution in [0.4, 0.5) is 0 Å². The Labute approximate surface area is 197 Å². The minimum atomic E-state index is 0.893. The zero-order valence-electron chi connectivity index (χ0n) is 23.0. The van der Waals surface area contributed by atoms with Crippen molar-refractivity contribution in [3.8, 4) is 0 Å². The van der Waals surface area contributed by atoms with E-state index in [9.17, 15) is 0 Å². The second kappa shape index (κ2) is 15.7. The van der Waals surface area contributed by atoms with Crippen molar-refractivity contribution in [1.29, 1.82) is 0 Å². The van der Waals surface area contributed by atoms with Gasteiger partial charge in [-0.05, 0) is 115 Å². The van der Waals surface area contributed by atoms with Crippen LogP contribution in [0.15, 0.2) is 0 Å². The van der Waals surface area contributed by atoms with E-state index >= 15 is 0 Å². The predicted octanol–water partition coefficient (Wildman–Crippen LogP) is 6.49. The highest BCUT2D eigenvalue weighted by Gasteiger charge is 2.37. The molecule has 4 unspecified atom stereocenters. The van der Waals surface area contributed by atoms with Gasteiger partial charge in [-0.3, -0.25) is 0 Å². The van der Waals surface area contributed by atoms with E-state index < -0.39 is 0 Å². The fourth-order valence-electron chi connectivity index (χ4n) is 5.78. The van der Waals surface area contributed by atoms with Crippen LogP contribution in [0, 0.1) is 29.6 Å². The SMILES string of the molecule is CC.CC1C2CCC1CN(C)C2.CC1CCN(C)CC1.CCC(C)CC1CCCN1C. The third kappa shape index (κ3) is 10.6. The summed E-state index contributed by atoms with van der Waals surface area (Å²) < 4.78 is 0. The second-order valence-corrected chi connectivity index (χ2v) is 11.2. The number of rotatable bonds is 3. The summed E-state index contributed by atoms with van der Waals surface area (Å²) in [5.41, 5.74) is 0. The highest BCUT2D eigenvalue weighted by molar-refractivity contribution is 4.89. The maximum absolute atomic E-state index is 2.52. The lowest BCUT2D eigenvalue weighted by molar-refractivity contribution is 0.144. The predicted molar refractivity (Wildman–Crippen MR) is 140 cm³/mol. The summed E-state index contributed by atoms with van der Waals surface area (Å²) in [6.45, 7) is 20.1. The molecule has 3 saturated heterocycles. The molecule has 3 nitrogen and oxygen atoms in total. The van der Waals surface area contributed by atoms with Gasteiger partial charge in [0.25, 0.3) is 0 Å². The molecule has 186 valence electrons. The average Bonchev–Trinajstić information content (AvgIpc) is 3.24. The Kier molecular flexibility index (Phi) is 14.6. The van der Waals surface area contributed by atoms with Crippen molar-refractivity contribution >= 4 is 0 Å². The Morgan fingerprint density at radius 3 is 1.74 bits per heavy atom. The van der Waals surface area contributed by atoms with Gasteiger partial charge < -0.3 is 14.7 Å². The van der Waals surface area contributed by atoms with Gasteiger partial charge in [-0.2, -0.15) is 0 Å². The summed E-state index contributed by atoms with van der Waals surface area (Å²) in [6.07, 6.45) is 11.4. The summed E-state index contributed by atoms with van der Waals surface area (Å²) in [5.74, 6) is 4.98. The molecule has 2 bridgehead atoms. The second-order valence-electron chi connectivity index (χ2n) is 11.2. The van der Waals surface area contributed by atoms with Crippen LogP contribution in [-0.2, 0) is 0 Å². The van der Waals surface area contributed by atoms with E-state index in [4.69, 9.17) is 0 Å². The lowest BCUT2D eigenvalue weighted by atomic mass is 9.87. The first kappa shape index (κ1) is 28.9. The molecule has 0 aromatic rings. The molecule has 4 fully saturated rings. The van der Waals surface area contributed by atoms with Crippen LogP contribution in [-0.4, -0.2) is 74.6 Å². The van der Waals surface area contributed by atoms with Crippen LogP contribution in [0.1, 0.15) is 92.9 Å². The molecule has 3 heterocycles. The Hall–Kier alpha value is -0.120. The van der Waals surface area contributed by atoms with Gasteiger partial charge in [-0.15, -0.1) is 0 Å². The maximum Gasteiger partial charge on any atom is 0.00952 e. The molecule has 1 saturated carbocycles.